The van der Waals surface area contributed by atoms with Gasteiger partial charge in [-0.3, -0.25) is 0 Å². The van der Waals surface area contributed by atoms with E-state index >= 15 is 0 Å². The zero-order valence-corrected chi connectivity index (χ0v) is 11.1. The van der Waals surface area contributed by atoms with Gasteiger partial charge in [-0.25, -0.2) is 13.4 Å². The van der Waals surface area contributed by atoms with E-state index in [1.807, 2.05) is 0 Å². The fourth-order valence-electron chi connectivity index (χ4n) is 1.08. The Balaban J connectivity index is 2.83. The molecule has 0 aromatic carbocycles. The number of rotatable bonds is 5. The standard InChI is InChI=1S/C8H14BrN3O2S/c1-11-6-8(10-7-11)15(13,14)12(2)5-3-4-9/h6-7H,3-5H2,1-2H3. The topological polar surface area (TPSA) is 55.2 Å². The van der Waals surface area contributed by atoms with E-state index in [0.29, 0.717) is 6.54 Å². The van der Waals surface area contributed by atoms with Gasteiger partial charge in [0.15, 0.2) is 5.03 Å². The van der Waals surface area contributed by atoms with Crippen molar-refractivity contribution in [3.05, 3.63) is 12.5 Å². The predicted octanol–water partition coefficient (Wildman–Crippen LogP) is 0.826. The lowest BCUT2D eigenvalue weighted by Crippen LogP contribution is -2.28. The van der Waals surface area contributed by atoms with Gasteiger partial charge >= 0.3 is 0 Å². The summed E-state index contributed by atoms with van der Waals surface area (Å²) in [6, 6.07) is 0. The van der Waals surface area contributed by atoms with Crippen molar-refractivity contribution in [1.29, 1.82) is 0 Å². The maximum absolute atomic E-state index is 11.9. The van der Waals surface area contributed by atoms with Gasteiger partial charge in [0, 0.05) is 32.2 Å². The van der Waals surface area contributed by atoms with Gasteiger partial charge in [-0.15, -0.1) is 0 Å². The van der Waals surface area contributed by atoms with Crippen LogP contribution in [0.5, 0.6) is 0 Å². The van der Waals surface area contributed by atoms with Crippen LogP contribution in [0.3, 0.4) is 0 Å². The number of halogens is 1. The van der Waals surface area contributed by atoms with Crippen molar-refractivity contribution in [2.45, 2.75) is 11.4 Å². The zero-order valence-electron chi connectivity index (χ0n) is 8.72. The smallest absolute Gasteiger partial charge is 0.261 e. The molecule has 1 rings (SSSR count). The molecule has 0 aliphatic carbocycles. The van der Waals surface area contributed by atoms with E-state index in [4.69, 9.17) is 0 Å². The van der Waals surface area contributed by atoms with Crippen LogP contribution in [0.4, 0.5) is 0 Å². The Morgan fingerprint density at radius 3 is 2.73 bits per heavy atom. The molecule has 0 unspecified atom stereocenters. The lowest BCUT2D eigenvalue weighted by Gasteiger charge is -2.14. The molecule has 0 radical (unpaired) electrons. The number of aromatic nitrogens is 2. The Kier molecular flexibility index (Phi) is 4.30. The second-order valence-corrected chi connectivity index (χ2v) is 6.03. The lowest BCUT2D eigenvalue weighted by atomic mass is 10.5. The van der Waals surface area contributed by atoms with Crippen LogP contribution in [-0.2, 0) is 17.1 Å². The summed E-state index contributed by atoms with van der Waals surface area (Å²) in [7, 11) is -0.107. The van der Waals surface area contributed by atoms with Crippen LogP contribution in [0.2, 0.25) is 0 Å². The van der Waals surface area contributed by atoms with Gasteiger partial charge < -0.3 is 4.57 Å². The number of hydrogen-bond acceptors (Lipinski definition) is 3. The zero-order chi connectivity index (χ0) is 11.5. The third-order valence-corrected chi connectivity index (χ3v) is 4.27. The molecule has 0 saturated carbocycles. The molecule has 0 bridgehead atoms. The third kappa shape index (κ3) is 3.02. The largest absolute Gasteiger partial charge is 0.339 e. The van der Waals surface area contributed by atoms with Crippen molar-refractivity contribution in [2.75, 3.05) is 18.9 Å². The Bertz CT molecular complexity index is 415. The first kappa shape index (κ1) is 12.7. The van der Waals surface area contributed by atoms with Crippen molar-refractivity contribution in [2.24, 2.45) is 7.05 Å². The average molecular weight is 296 g/mol. The molecule has 0 amide bonds. The molecule has 0 aliphatic heterocycles. The van der Waals surface area contributed by atoms with Gasteiger partial charge in [-0.2, -0.15) is 4.31 Å². The molecule has 1 aromatic heterocycles. The van der Waals surface area contributed by atoms with Crippen LogP contribution in [0.15, 0.2) is 17.6 Å². The first-order valence-corrected chi connectivity index (χ1v) is 7.05. The molecule has 0 atom stereocenters. The molecule has 0 saturated heterocycles. The number of alkyl halides is 1. The molecule has 86 valence electrons. The molecule has 15 heavy (non-hydrogen) atoms. The molecule has 0 aliphatic rings. The highest BCUT2D eigenvalue weighted by Gasteiger charge is 2.22. The summed E-state index contributed by atoms with van der Waals surface area (Å²) in [5.41, 5.74) is 0. The third-order valence-electron chi connectivity index (χ3n) is 1.96. The predicted molar refractivity (Wildman–Crippen MR) is 61.4 cm³/mol. The van der Waals surface area contributed by atoms with Crippen LogP contribution in [0, 0.1) is 0 Å². The van der Waals surface area contributed by atoms with E-state index in [2.05, 4.69) is 20.9 Å². The number of hydrogen-bond donors (Lipinski definition) is 0. The van der Waals surface area contributed by atoms with Crippen molar-refractivity contribution < 1.29 is 8.42 Å². The van der Waals surface area contributed by atoms with Crippen molar-refractivity contribution >= 4 is 26.0 Å². The molecular formula is C8H14BrN3O2S. The van der Waals surface area contributed by atoms with E-state index in [9.17, 15) is 8.42 Å². The highest BCUT2D eigenvalue weighted by Crippen LogP contribution is 2.11. The molecule has 0 N–H and O–H groups in total. The second-order valence-electron chi connectivity index (χ2n) is 3.25. The molecule has 7 heteroatoms. The van der Waals surface area contributed by atoms with Crippen LogP contribution in [0.1, 0.15) is 6.42 Å². The summed E-state index contributed by atoms with van der Waals surface area (Å²) in [5, 5.41) is 0.886. The average Bonchev–Trinajstić information content (AvgIpc) is 2.61. The minimum Gasteiger partial charge on any atom is -0.339 e. The Hall–Kier alpha value is -0.400. The van der Waals surface area contributed by atoms with Gasteiger partial charge in [-0.05, 0) is 6.42 Å². The summed E-state index contributed by atoms with van der Waals surface area (Å²) in [4.78, 5) is 3.84. The van der Waals surface area contributed by atoms with Gasteiger partial charge in [0.25, 0.3) is 10.0 Å². The molecular weight excluding hydrogens is 282 g/mol. The number of aryl methyl sites for hydroxylation is 1. The lowest BCUT2D eigenvalue weighted by molar-refractivity contribution is 0.467. The molecule has 0 fully saturated rings. The number of imidazole rings is 1. The van der Waals surface area contributed by atoms with E-state index in [-0.39, 0.29) is 5.03 Å². The fourth-order valence-corrected chi connectivity index (χ4v) is 2.50. The summed E-state index contributed by atoms with van der Waals surface area (Å²) >= 11 is 3.26. The van der Waals surface area contributed by atoms with E-state index in [0.717, 1.165) is 11.8 Å². The Morgan fingerprint density at radius 1 is 1.60 bits per heavy atom. The second kappa shape index (κ2) is 5.09. The maximum Gasteiger partial charge on any atom is 0.261 e. The summed E-state index contributed by atoms with van der Waals surface area (Å²) in [6.07, 6.45) is 3.76. The highest BCUT2D eigenvalue weighted by molar-refractivity contribution is 9.09. The normalized spacial score (nSPS) is 12.3. The SMILES string of the molecule is CN(CCCBr)S(=O)(=O)c1cn(C)cn1. The number of nitrogens with zero attached hydrogens (tertiary/aromatic N) is 3. The monoisotopic (exact) mass is 295 g/mol. The van der Waals surface area contributed by atoms with Gasteiger partial charge in [0.2, 0.25) is 0 Å². The minimum absolute atomic E-state index is 0.0991. The Morgan fingerprint density at radius 2 is 2.27 bits per heavy atom. The van der Waals surface area contributed by atoms with E-state index in [1.54, 1.807) is 18.7 Å². The van der Waals surface area contributed by atoms with Crippen molar-refractivity contribution in [3.8, 4) is 0 Å². The summed E-state index contributed by atoms with van der Waals surface area (Å²) < 4.78 is 26.7. The van der Waals surface area contributed by atoms with E-state index in [1.165, 1.54) is 16.8 Å². The van der Waals surface area contributed by atoms with Gasteiger partial charge in [0.05, 0.1) is 6.33 Å². The first-order chi connectivity index (χ1) is 6.98. The quantitative estimate of drug-likeness (QED) is 0.756. The number of sulfonamides is 1. The highest BCUT2D eigenvalue weighted by atomic mass is 79.9. The summed E-state index contributed by atoms with van der Waals surface area (Å²) in [5.74, 6) is 0. The van der Waals surface area contributed by atoms with Crippen molar-refractivity contribution in [3.63, 3.8) is 0 Å². The van der Waals surface area contributed by atoms with Crippen LogP contribution in [0.25, 0.3) is 0 Å². The van der Waals surface area contributed by atoms with E-state index < -0.39 is 10.0 Å². The molecule has 5 nitrogen and oxygen atoms in total. The minimum atomic E-state index is -3.41. The van der Waals surface area contributed by atoms with Crippen LogP contribution < -0.4 is 0 Å². The fraction of sp³-hybridized carbons (Fsp3) is 0.625. The van der Waals surface area contributed by atoms with Gasteiger partial charge in [0.1, 0.15) is 0 Å². The van der Waals surface area contributed by atoms with Crippen molar-refractivity contribution in [1.82, 2.24) is 13.9 Å². The van der Waals surface area contributed by atoms with Crippen LogP contribution in [-0.4, -0.2) is 41.2 Å². The summed E-state index contributed by atoms with van der Waals surface area (Å²) in [6.45, 7) is 0.490. The molecule has 1 aromatic rings. The van der Waals surface area contributed by atoms with Crippen LogP contribution >= 0.6 is 15.9 Å². The molecule has 0 spiro atoms. The first-order valence-electron chi connectivity index (χ1n) is 4.48. The molecule has 1 heterocycles. The Labute approximate surface area is 98.3 Å². The maximum atomic E-state index is 11.9. The van der Waals surface area contributed by atoms with Gasteiger partial charge in [-0.1, -0.05) is 15.9 Å².